The second-order valence-electron chi connectivity index (χ2n) is 7.42. The number of ketones is 1. The van der Waals surface area contributed by atoms with Crippen LogP contribution in [0.3, 0.4) is 0 Å². The van der Waals surface area contributed by atoms with Gasteiger partial charge in [0.05, 0.1) is 24.3 Å². The number of esters is 1. The largest absolute Gasteiger partial charge is 0.496 e. The van der Waals surface area contributed by atoms with E-state index in [0.717, 1.165) is 12.8 Å². The lowest BCUT2D eigenvalue weighted by atomic mass is 10.0. The lowest BCUT2D eigenvalue weighted by Crippen LogP contribution is -2.35. The zero-order valence-electron chi connectivity index (χ0n) is 18.1. The highest BCUT2D eigenvalue weighted by Gasteiger charge is 2.39. The molecule has 1 aromatic carbocycles. The molecule has 1 heterocycles. The molecule has 0 saturated carbocycles. The van der Waals surface area contributed by atoms with Crippen LogP contribution in [0.2, 0.25) is 5.02 Å². The van der Waals surface area contributed by atoms with E-state index >= 15 is 0 Å². The molecule has 1 aliphatic heterocycles. The van der Waals surface area contributed by atoms with Gasteiger partial charge in [-0.3, -0.25) is 4.79 Å². The Morgan fingerprint density at radius 1 is 1.30 bits per heavy atom. The second kappa shape index (κ2) is 10.4. The highest BCUT2D eigenvalue weighted by Crippen LogP contribution is 2.46. The van der Waals surface area contributed by atoms with E-state index in [1.165, 1.54) is 24.9 Å². The van der Waals surface area contributed by atoms with Crippen molar-refractivity contribution >= 4 is 35.1 Å². The third-order valence-corrected chi connectivity index (χ3v) is 6.13. The lowest BCUT2D eigenvalue weighted by molar-refractivity contribution is -0.140. The predicted molar refractivity (Wildman–Crippen MR) is 122 cm³/mol. The molecule has 0 unspecified atom stereocenters. The Morgan fingerprint density at radius 2 is 2.00 bits per heavy atom. The van der Waals surface area contributed by atoms with Crippen LogP contribution in [0.5, 0.6) is 5.75 Å². The van der Waals surface area contributed by atoms with Gasteiger partial charge in [-0.25, -0.2) is 4.79 Å². The fourth-order valence-corrected chi connectivity index (χ4v) is 4.38. The van der Waals surface area contributed by atoms with Gasteiger partial charge in [-0.15, -0.1) is 0 Å². The molecule has 0 radical (unpaired) electrons. The first kappa shape index (κ1) is 24.3. The Morgan fingerprint density at radius 3 is 2.57 bits per heavy atom. The summed E-state index contributed by atoms with van der Waals surface area (Å²) in [5.74, 6) is -0.272. The van der Waals surface area contributed by atoms with Crippen LogP contribution in [0.25, 0.3) is 0 Å². The molecule has 8 heteroatoms. The van der Waals surface area contributed by atoms with Crippen LogP contribution >= 0.6 is 23.4 Å². The Labute approximate surface area is 187 Å². The van der Waals surface area contributed by atoms with Gasteiger partial charge in [0.25, 0.3) is 0 Å². The minimum absolute atomic E-state index is 0.255. The number of carbonyl (C=O) groups excluding carboxylic acids is 2. The number of nitrogens with two attached hydrogens (primary N) is 1. The summed E-state index contributed by atoms with van der Waals surface area (Å²) in [6.07, 6.45) is 3.28. The van der Waals surface area contributed by atoms with Crippen molar-refractivity contribution < 1.29 is 19.1 Å². The quantitative estimate of drug-likeness (QED) is 0.329. The average molecular weight is 453 g/mol. The van der Waals surface area contributed by atoms with Crippen molar-refractivity contribution in [2.24, 2.45) is 5.73 Å². The molecule has 0 saturated heterocycles. The van der Waals surface area contributed by atoms with Gasteiger partial charge < -0.3 is 20.1 Å². The van der Waals surface area contributed by atoms with Crippen LogP contribution in [0.4, 0.5) is 0 Å². The first-order chi connectivity index (χ1) is 14.1. The number of halogens is 1. The third-order valence-electron chi connectivity index (χ3n) is 4.43. The molecular weight excluding hydrogens is 424 g/mol. The van der Waals surface area contributed by atoms with Crippen LogP contribution in [-0.4, -0.2) is 42.5 Å². The molecule has 0 aromatic heterocycles. The van der Waals surface area contributed by atoms with Crippen molar-refractivity contribution in [3.05, 3.63) is 50.5 Å². The summed E-state index contributed by atoms with van der Waals surface area (Å²) >= 11 is 7.41. The van der Waals surface area contributed by atoms with E-state index < -0.39 is 11.5 Å². The van der Waals surface area contributed by atoms with E-state index in [2.05, 4.69) is 6.92 Å². The normalized spacial score (nSPS) is 15.7. The van der Waals surface area contributed by atoms with E-state index in [1.54, 1.807) is 25.1 Å². The molecule has 2 N–H and O–H groups in total. The summed E-state index contributed by atoms with van der Waals surface area (Å²) in [6, 6.07) is 4.89. The van der Waals surface area contributed by atoms with Gasteiger partial charge in [0, 0.05) is 28.1 Å². The standard InChI is InChI=1S/C22H29ClN2O4S/c1-6-8-11-25-18(13-16(26)15-12-14(23)9-10-17(15)28-5)30-20(22(3,4)24)19(25)21(27)29-7-2/h9-10,12-13H,6-8,11,24H2,1-5H3/b18-13-. The van der Waals surface area contributed by atoms with Gasteiger partial charge in [0.1, 0.15) is 11.4 Å². The van der Waals surface area contributed by atoms with Crippen molar-refractivity contribution in [1.82, 2.24) is 4.90 Å². The number of allylic oxidation sites excluding steroid dienone is 1. The summed E-state index contributed by atoms with van der Waals surface area (Å²) in [7, 11) is 1.50. The maximum atomic E-state index is 13.1. The number of hydrogen-bond acceptors (Lipinski definition) is 7. The third kappa shape index (κ3) is 5.59. The molecule has 2 rings (SSSR count). The summed E-state index contributed by atoms with van der Waals surface area (Å²) < 4.78 is 10.6. The zero-order valence-corrected chi connectivity index (χ0v) is 19.7. The summed E-state index contributed by atoms with van der Waals surface area (Å²) in [6.45, 7) is 8.31. The molecule has 0 spiro atoms. The Bertz CT molecular complexity index is 874. The van der Waals surface area contributed by atoms with E-state index in [-0.39, 0.29) is 12.4 Å². The maximum absolute atomic E-state index is 13.1. The molecule has 0 amide bonds. The first-order valence-corrected chi connectivity index (χ1v) is 11.1. The van der Waals surface area contributed by atoms with E-state index in [9.17, 15) is 9.59 Å². The van der Waals surface area contributed by atoms with Gasteiger partial charge in [-0.05, 0) is 45.4 Å². The van der Waals surface area contributed by atoms with Crippen molar-refractivity contribution in [2.75, 3.05) is 20.3 Å². The molecule has 1 aromatic rings. The van der Waals surface area contributed by atoms with Crippen LogP contribution in [0.15, 0.2) is 39.9 Å². The van der Waals surface area contributed by atoms with Crippen molar-refractivity contribution in [3.8, 4) is 5.75 Å². The van der Waals surface area contributed by atoms with Crippen LogP contribution in [0, 0.1) is 0 Å². The number of carbonyl (C=O) groups is 2. The minimum atomic E-state index is -0.774. The average Bonchev–Trinajstić information content (AvgIpc) is 3.05. The number of benzene rings is 1. The summed E-state index contributed by atoms with van der Waals surface area (Å²) in [5.41, 5.74) is 6.34. The van der Waals surface area contributed by atoms with Crippen LogP contribution in [0.1, 0.15) is 50.9 Å². The first-order valence-electron chi connectivity index (χ1n) is 9.89. The Hall–Kier alpha value is -1.96. The fraction of sp³-hybridized carbons (Fsp3) is 0.455. The minimum Gasteiger partial charge on any atom is -0.496 e. The molecule has 6 nitrogen and oxygen atoms in total. The molecule has 0 aliphatic carbocycles. The number of nitrogens with zero attached hydrogens (tertiary/aromatic N) is 1. The van der Waals surface area contributed by atoms with Gasteiger partial charge in [-0.1, -0.05) is 36.7 Å². The van der Waals surface area contributed by atoms with E-state index in [0.29, 0.717) is 38.5 Å². The van der Waals surface area contributed by atoms with Gasteiger partial charge in [0.15, 0.2) is 5.78 Å². The van der Waals surface area contributed by atoms with E-state index in [4.69, 9.17) is 26.8 Å². The van der Waals surface area contributed by atoms with Crippen molar-refractivity contribution in [1.29, 1.82) is 0 Å². The maximum Gasteiger partial charge on any atom is 0.355 e. The highest BCUT2D eigenvalue weighted by atomic mass is 35.5. The Balaban J connectivity index is 2.53. The number of unbranched alkanes of at least 4 members (excludes halogenated alkanes) is 1. The molecule has 164 valence electrons. The number of thioether (sulfide) groups is 1. The van der Waals surface area contributed by atoms with Gasteiger partial charge in [-0.2, -0.15) is 0 Å². The number of ether oxygens (including phenoxy) is 2. The summed E-state index contributed by atoms with van der Waals surface area (Å²) in [5, 5.41) is 1.07. The predicted octanol–water partition coefficient (Wildman–Crippen LogP) is 4.73. The van der Waals surface area contributed by atoms with Crippen molar-refractivity contribution in [3.63, 3.8) is 0 Å². The number of rotatable bonds is 9. The monoisotopic (exact) mass is 452 g/mol. The molecule has 0 atom stereocenters. The SMILES string of the molecule is CCCCN1C(C(=O)OCC)=C(C(C)(C)N)S/C1=C\C(=O)c1cc(Cl)ccc1OC. The van der Waals surface area contributed by atoms with E-state index in [1.807, 2.05) is 18.7 Å². The number of methoxy groups -OCH3 is 1. The molecule has 30 heavy (non-hydrogen) atoms. The smallest absolute Gasteiger partial charge is 0.355 e. The molecule has 0 bridgehead atoms. The zero-order chi connectivity index (χ0) is 22.5. The summed E-state index contributed by atoms with van der Waals surface area (Å²) in [4.78, 5) is 28.4. The topological polar surface area (TPSA) is 81.9 Å². The molecular formula is C22H29ClN2O4S. The Kier molecular flexibility index (Phi) is 8.41. The molecule has 1 aliphatic rings. The molecule has 0 fully saturated rings. The van der Waals surface area contributed by atoms with Gasteiger partial charge >= 0.3 is 5.97 Å². The van der Waals surface area contributed by atoms with Crippen molar-refractivity contribution in [2.45, 2.75) is 46.1 Å². The number of hydrogen-bond donors (Lipinski definition) is 1. The fourth-order valence-electron chi connectivity index (χ4n) is 2.99. The van der Waals surface area contributed by atoms with Crippen LogP contribution in [-0.2, 0) is 9.53 Å². The van der Waals surface area contributed by atoms with Crippen LogP contribution < -0.4 is 10.5 Å². The van der Waals surface area contributed by atoms with Gasteiger partial charge in [0.2, 0.25) is 0 Å². The highest BCUT2D eigenvalue weighted by molar-refractivity contribution is 8.07. The lowest BCUT2D eigenvalue weighted by Gasteiger charge is -2.23. The second-order valence-corrected chi connectivity index (χ2v) is 8.89.